The van der Waals surface area contributed by atoms with E-state index < -0.39 is 10.0 Å². The van der Waals surface area contributed by atoms with Gasteiger partial charge in [0.05, 0.1) is 4.90 Å². The summed E-state index contributed by atoms with van der Waals surface area (Å²) < 4.78 is 22.3. The Balaban J connectivity index is 1.91. The van der Waals surface area contributed by atoms with Crippen molar-refractivity contribution >= 4 is 15.8 Å². The lowest BCUT2D eigenvalue weighted by atomic mass is 10.1. The van der Waals surface area contributed by atoms with E-state index in [1.165, 1.54) is 12.1 Å². The maximum Gasteiger partial charge on any atom is 0.238 e. The van der Waals surface area contributed by atoms with E-state index in [1.807, 2.05) is 13.0 Å². The van der Waals surface area contributed by atoms with Crippen LogP contribution in [0.25, 0.3) is 0 Å². The van der Waals surface area contributed by atoms with Gasteiger partial charge in [-0.25, -0.2) is 23.5 Å². The lowest BCUT2D eigenvalue weighted by Gasteiger charge is -2.07. The number of hydrogen-bond acceptors (Lipinski definition) is 5. The Morgan fingerprint density at radius 2 is 1.90 bits per heavy atom. The van der Waals surface area contributed by atoms with Gasteiger partial charge in [0.1, 0.15) is 12.1 Å². The van der Waals surface area contributed by atoms with Crippen LogP contribution in [-0.2, 0) is 22.9 Å². The molecule has 0 aliphatic rings. The van der Waals surface area contributed by atoms with Crippen molar-refractivity contribution in [1.29, 1.82) is 0 Å². The van der Waals surface area contributed by atoms with Crippen molar-refractivity contribution in [2.24, 2.45) is 5.14 Å². The van der Waals surface area contributed by atoms with Crippen molar-refractivity contribution < 1.29 is 8.42 Å². The number of primary sulfonamides is 1. The van der Waals surface area contributed by atoms with Gasteiger partial charge in [0, 0.05) is 18.3 Å². The quantitative estimate of drug-likeness (QED) is 0.839. The van der Waals surface area contributed by atoms with Gasteiger partial charge in [-0.2, -0.15) is 0 Å². The third-order valence-electron chi connectivity index (χ3n) is 3.06. The van der Waals surface area contributed by atoms with Gasteiger partial charge in [0.25, 0.3) is 0 Å². The van der Waals surface area contributed by atoms with E-state index in [0.29, 0.717) is 6.54 Å². The molecule has 0 atom stereocenters. The molecule has 3 N–H and O–H groups in total. The van der Waals surface area contributed by atoms with Crippen LogP contribution in [0.4, 0.5) is 5.82 Å². The summed E-state index contributed by atoms with van der Waals surface area (Å²) in [6.45, 7) is 2.74. The Morgan fingerprint density at radius 3 is 2.52 bits per heavy atom. The zero-order chi connectivity index (χ0) is 15.3. The van der Waals surface area contributed by atoms with E-state index in [4.69, 9.17) is 5.14 Å². The minimum Gasteiger partial charge on any atom is -0.370 e. The van der Waals surface area contributed by atoms with Crippen molar-refractivity contribution in [1.82, 2.24) is 9.97 Å². The molecule has 0 radical (unpaired) electrons. The van der Waals surface area contributed by atoms with Crippen LogP contribution in [0, 0.1) is 0 Å². The van der Waals surface area contributed by atoms with Crippen LogP contribution in [0.1, 0.15) is 18.2 Å². The van der Waals surface area contributed by atoms with Crippen LogP contribution in [0.2, 0.25) is 0 Å². The van der Waals surface area contributed by atoms with E-state index >= 15 is 0 Å². The topological polar surface area (TPSA) is 98.0 Å². The number of benzene rings is 1. The van der Waals surface area contributed by atoms with E-state index in [2.05, 4.69) is 15.3 Å². The first-order chi connectivity index (χ1) is 9.99. The number of nitrogens with two attached hydrogens (primary N) is 1. The molecule has 1 heterocycles. The van der Waals surface area contributed by atoms with Crippen LogP contribution < -0.4 is 10.5 Å². The first-order valence-corrected chi connectivity index (χ1v) is 8.20. The van der Waals surface area contributed by atoms with Crippen LogP contribution in [0.15, 0.2) is 41.6 Å². The number of nitrogens with one attached hydrogen (secondary N) is 1. The molecule has 6 nitrogen and oxygen atoms in total. The highest BCUT2D eigenvalue weighted by atomic mass is 32.2. The fourth-order valence-electron chi connectivity index (χ4n) is 1.87. The molecule has 0 bridgehead atoms. The summed E-state index contributed by atoms with van der Waals surface area (Å²) in [5, 5.41) is 8.27. The molecule has 2 aromatic rings. The molecule has 1 aromatic carbocycles. The van der Waals surface area contributed by atoms with Gasteiger partial charge in [-0.1, -0.05) is 19.1 Å². The van der Waals surface area contributed by atoms with Crippen molar-refractivity contribution in [2.75, 3.05) is 11.9 Å². The van der Waals surface area contributed by atoms with Crippen molar-refractivity contribution in [3.8, 4) is 0 Å². The predicted octanol–water partition coefficient (Wildman–Crippen LogP) is 1.34. The van der Waals surface area contributed by atoms with Crippen molar-refractivity contribution in [3.63, 3.8) is 0 Å². The number of nitrogens with zero attached hydrogens (tertiary/aromatic N) is 2. The van der Waals surface area contributed by atoms with Gasteiger partial charge >= 0.3 is 0 Å². The average molecular weight is 306 g/mol. The number of anilines is 1. The summed E-state index contributed by atoms with van der Waals surface area (Å²) in [7, 11) is -3.62. The highest BCUT2D eigenvalue weighted by molar-refractivity contribution is 7.89. The summed E-state index contributed by atoms with van der Waals surface area (Å²) >= 11 is 0. The van der Waals surface area contributed by atoms with Gasteiger partial charge in [-0.15, -0.1) is 0 Å². The molecule has 0 spiro atoms. The van der Waals surface area contributed by atoms with E-state index in [-0.39, 0.29) is 4.90 Å². The Morgan fingerprint density at radius 1 is 1.19 bits per heavy atom. The Hall–Kier alpha value is -1.99. The molecule has 1 aromatic heterocycles. The fourth-order valence-corrected chi connectivity index (χ4v) is 2.38. The molecule has 0 aliphatic heterocycles. The lowest BCUT2D eigenvalue weighted by Crippen LogP contribution is -2.12. The molecule has 2 rings (SSSR count). The summed E-state index contributed by atoms with van der Waals surface area (Å²) in [5.74, 6) is 0.794. The molecule has 0 fully saturated rings. The second kappa shape index (κ2) is 6.64. The predicted molar refractivity (Wildman–Crippen MR) is 81.4 cm³/mol. The normalized spacial score (nSPS) is 11.3. The molecule has 0 aliphatic carbocycles. The molecule has 21 heavy (non-hydrogen) atoms. The monoisotopic (exact) mass is 306 g/mol. The smallest absolute Gasteiger partial charge is 0.238 e. The molecule has 112 valence electrons. The first kappa shape index (κ1) is 15.4. The second-order valence-electron chi connectivity index (χ2n) is 4.61. The van der Waals surface area contributed by atoms with Crippen molar-refractivity contribution in [3.05, 3.63) is 47.9 Å². The molecule has 0 amide bonds. The average Bonchev–Trinajstić information content (AvgIpc) is 2.47. The molecule has 0 saturated heterocycles. The van der Waals surface area contributed by atoms with E-state index in [0.717, 1.165) is 29.9 Å². The number of aryl methyl sites for hydroxylation is 1. The number of aromatic nitrogens is 2. The molecular formula is C14H18N4O2S. The minimum atomic E-state index is -3.62. The zero-order valence-corrected chi connectivity index (χ0v) is 12.6. The molecule has 0 saturated carbocycles. The Bertz CT molecular complexity index is 699. The zero-order valence-electron chi connectivity index (χ0n) is 11.8. The first-order valence-electron chi connectivity index (χ1n) is 6.65. The van der Waals surface area contributed by atoms with E-state index in [9.17, 15) is 8.42 Å². The number of sulfonamides is 1. The lowest BCUT2D eigenvalue weighted by molar-refractivity contribution is 0.598. The molecule has 7 heteroatoms. The summed E-state index contributed by atoms with van der Waals surface area (Å²) in [5.41, 5.74) is 2.02. The van der Waals surface area contributed by atoms with Gasteiger partial charge in [0.15, 0.2) is 0 Å². The van der Waals surface area contributed by atoms with Gasteiger partial charge in [0.2, 0.25) is 10.0 Å². The molecular weight excluding hydrogens is 288 g/mol. The largest absolute Gasteiger partial charge is 0.370 e. The number of rotatable bonds is 6. The van der Waals surface area contributed by atoms with Gasteiger partial charge < -0.3 is 5.32 Å². The second-order valence-corrected chi connectivity index (χ2v) is 6.18. The number of hydrogen-bond donors (Lipinski definition) is 2. The maximum absolute atomic E-state index is 11.2. The summed E-state index contributed by atoms with van der Waals surface area (Å²) in [4.78, 5) is 8.41. The van der Waals surface area contributed by atoms with Crippen LogP contribution >= 0.6 is 0 Å². The third kappa shape index (κ3) is 4.51. The summed E-state index contributed by atoms with van der Waals surface area (Å²) in [6, 6.07) is 8.48. The highest BCUT2D eigenvalue weighted by Crippen LogP contribution is 2.10. The standard InChI is InChI=1S/C14H18N4O2S/c1-2-12-9-14(18-10-17-12)16-8-7-11-3-5-13(6-4-11)21(15,19)20/h3-6,9-10H,2,7-8H2,1H3,(H2,15,19,20)(H,16,17,18). The van der Waals surface area contributed by atoms with Gasteiger partial charge in [-0.05, 0) is 30.5 Å². The Kier molecular flexibility index (Phi) is 4.87. The maximum atomic E-state index is 11.2. The van der Waals surface area contributed by atoms with Gasteiger partial charge in [-0.3, -0.25) is 0 Å². The molecule has 0 unspecified atom stereocenters. The highest BCUT2D eigenvalue weighted by Gasteiger charge is 2.06. The SMILES string of the molecule is CCc1cc(NCCc2ccc(S(N)(=O)=O)cc2)ncn1. The third-order valence-corrected chi connectivity index (χ3v) is 3.99. The summed E-state index contributed by atoms with van der Waals surface area (Å²) in [6.07, 6.45) is 3.17. The van der Waals surface area contributed by atoms with Crippen LogP contribution in [0.5, 0.6) is 0 Å². The Labute approximate surface area is 124 Å². The van der Waals surface area contributed by atoms with Crippen LogP contribution in [-0.4, -0.2) is 24.9 Å². The fraction of sp³-hybridized carbons (Fsp3) is 0.286. The van der Waals surface area contributed by atoms with Crippen LogP contribution in [0.3, 0.4) is 0 Å². The van der Waals surface area contributed by atoms with Crippen molar-refractivity contribution in [2.45, 2.75) is 24.7 Å². The minimum absolute atomic E-state index is 0.127. The van der Waals surface area contributed by atoms with E-state index in [1.54, 1.807) is 18.5 Å².